The topological polar surface area (TPSA) is 38.9 Å². The molecule has 2 nitrogen and oxygen atoms in total. The van der Waals surface area contributed by atoms with Crippen molar-refractivity contribution in [3.05, 3.63) is 29.6 Å². The van der Waals surface area contributed by atoms with E-state index in [4.69, 9.17) is 12.2 Å². The lowest BCUT2D eigenvalue weighted by Crippen LogP contribution is -2.06. The van der Waals surface area contributed by atoms with Gasteiger partial charge in [0.1, 0.15) is 0 Å². The first-order valence-corrected chi connectivity index (χ1v) is 3.42. The molecule has 0 bridgehead atoms. The molecule has 0 aliphatic carbocycles. The third kappa shape index (κ3) is 1.79. The van der Waals surface area contributed by atoms with E-state index >= 15 is 0 Å². The molecule has 1 atom stereocenters. The Bertz CT molecular complexity index is 284. The second-order valence-corrected chi connectivity index (χ2v) is 2.40. The summed E-state index contributed by atoms with van der Waals surface area (Å²) >= 11 is 0. The van der Waals surface area contributed by atoms with Gasteiger partial charge in [0.2, 0.25) is 0 Å². The predicted molar refractivity (Wildman–Crippen MR) is 44.8 cm³/mol. The van der Waals surface area contributed by atoms with Crippen molar-refractivity contribution < 1.29 is 0 Å². The summed E-state index contributed by atoms with van der Waals surface area (Å²) in [5.41, 5.74) is 7.27. The summed E-state index contributed by atoms with van der Waals surface area (Å²) in [4.78, 5) is 4.07. The number of nitrogens with two attached hydrogens (primary N) is 1. The van der Waals surface area contributed by atoms with Crippen LogP contribution in [0.1, 0.15) is 24.2 Å². The molecule has 1 heterocycles. The highest BCUT2D eigenvalue weighted by Gasteiger charge is 1.99. The Morgan fingerprint density at radius 3 is 3.00 bits per heavy atom. The van der Waals surface area contributed by atoms with Gasteiger partial charge in [-0.1, -0.05) is 5.92 Å². The van der Waals surface area contributed by atoms with Crippen LogP contribution in [0.15, 0.2) is 18.3 Å². The van der Waals surface area contributed by atoms with Gasteiger partial charge in [-0.05, 0) is 19.1 Å². The normalized spacial score (nSPS) is 12.1. The number of terminal acetylenes is 1. The summed E-state index contributed by atoms with van der Waals surface area (Å²) in [6.45, 7) is 1.88. The average molecular weight is 146 g/mol. The molecule has 1 aromatic rings. The third-order valence-electron chi connectivity index (χ3n) is 1.41. The first-order valence-electron chi connectivity index (χ1n) is 3.42. The van der Waals surface area contributed by atoms with Crippen LogP contribution in [0.25, 0.3) is 0 Å². The SMILES string of the molecule is C#Cc1ccnc([C@H](C)N)c1. The molecular formula is C9H10N2. The fourth-order valence-electron chi connectivity index (χ4n) is 0.787. The number of aromatic nitrogens is 1. The van der Waals surface area contributed by atoms with Crippen LogP contribution in [0.5, 0.6) is 0 Å². The van der Waals surface area contributed by atoms with Crippen molar-refractivity contribution in [1.29, 1.82) is 0 Å². The highest BCUT2D eigenvalue weighted by atomic mass is 14.7. The molecule has 0 unspecified atom stereocenters. The van der Waals surface area contributed by atoms with Crippen LogP contribution >= 0.6 is 0 Å². The molecule has 1 aromatic heterocycles. The Morgan fingerprint density at radius 2 is 2.45 bits per heavy atom. The van der Waals surface area contributed by atoms with E-state index in [1.807, 2.05) is 13.0 Å². The van der Waals surface area contributed by atoms with Gasteiger partial charge in [0.05, 0.1) is 5.69 Å². The molecule has 2 heteroatoms. The monoisotopic (exact) mass is 146 g/mol. The summed E-state index contributed by atoms with van der Waals surface area (Å²) in [7, 11) is 0. The number of rotatable bonds is 1. The summed E-state index contributed by atoms with van der Waals surface area (Å²) < 4.78 is 0. The third-order valence-corrected chi connectivity index (χ3v) is 1.41. The molecule has 0 aliphatic rings. The Hall–Kier alpha value is -1.33. The Labute approximate surface area is 66.4 Å². The summed E-state index contributed by atoms with van der Waals surface area (Å²) in [5.74, 6) is 2.53. The van der Waals surface area contributed by atoms with Crippen molar-refractivity contribution in [2.24, 2.45) is 5.73 Å². The molecule has 0 spiro atoms. The van der Waals surface area contributed by atoms with E-state index < -0.39 is 0 Å². The van der Waals surface area contributed by atoms with Gasteiger partial charge >= 0.3 is 0 Å². The Morgan fingerprint density at radius 1 is 1.73 bits per heavy atom. The molecule has 0 aromatic carbocycles. The Balaban J connectivity index is 3.03. The lowest BCUT2D eigenvalue weighted by Gasteiger charge is -2.02. The second-order valence-electron chi connectivity index (χ2n) is 2.40. The average Bonchev–Trinajstić information content (AvgIpc) is 2.05. The first kappa shape index (κ1) is 7.77. The van der Waals surface area contributed by atoms with Gasteiger partial charge in [0.15, 0.2) is 0 Å². The zero-order valence-electron chi connectivity index (χ0n) is 6.41. The summed E-state index contributed by atoms with van der Waals surface area (Å²) in [5, 5.41) is 0. The van der Waals surface area contributed by atoms with Crippen molar-refractivity contribution in [3.63, 3.8) is 0 Å². The van der Waals surface area contributed by atoms with Crippen molar-refractivity contribution >= 4 is 0 Å². The van der Waals surface area contributed by atoms with Gasteiger partial charge in [-0.25, -0.2) is 0 Å². The van der Waals surface area contributed by atoms with Gasteiger partial charge in [0, 0.05) is 17.8 Å². The van der Waals surface area contributed by atoms with Crippen LogP contribution in [0, 0.1) is 12.3 Å². The molecule has 0 radical (unpaired) electrons. The molecule has 1 rings (SSSR count). The van der Waals surface area contributed by atoms with Crippen LogP contribution in [0.4, 0.5) is 0 Å². The number of pyridine rings is 1. The van der Waals surface area contributed by atoms with Gasteiger partial charge in [-0.2, -0.15) is 0 Å². The molecule has 0 saturated carbocycles. The standard InChI is InChI=1S/C9H10N2/c1-3-8-4-5-11-9(6-8)7(2)10/h1,4-7H,10H2,2H3/t7-/m0/s1. The van der Waals surface area contributed by atoms with E-state index in [1.54, 1.807) is 12.3 Å². The summed E-state index contributed by atoms with van der Waals surface area (Å²) in [6.07, 6.45) is 6.87. The molecule has 0 aliphatic heterocycles. The first-order chi connectivity index (χ1) is 5.24. The zero-order chi connectivity index (χ0) is 8.27. The quantitative estimate of drug-likeness (QED) is 0.602. The molecule has 2 N–H and O–H groups in total. The van der Waals surface area contributed by atoms with E-state index in [1.165, 1.54) is 0 Å². The molecule has 0 saturated heterocycles. The molecule has 56 valence electrons. The fraction of sp³-hybridized carbons (Fsp3) is 0.222. The highest BCUT2D eigenvalue weighted by Crippen LogP contribution is 2.06. The molecular weight excluding hydrogens is 136 g/mol. The highest BCUT2D eigenvalue weighted by molar-refractivity contribution is 5.32. The second kappa shape index (κ2) is 3.18. The van der Waals surface area contributed by atoms with E-state index in [0.29, 0.717) is 0 Å². The number of nitrogens with zero attached hydrogens (tertiary/aromatic N) is 1. The minimum absolute atomic E-state index is 0.0525. The molecule has 0 fully saturated rings. The maximum absolute atomic E-state index is 5.61. The molecule has 0 amide bonds. The van der Waals surface area contributed by atoms with Crippen LogP contribution in [0.2, 0.25) is 0 Å². The summed E-state index contributed by atoms with van der Waals surface area (Å²) in [6, 6.07) is 3.56. The maximum atomic E-state index is 5.61. The van der Waals surface area contributed by atoms with Gasteiger partial charge < -0.3 is 5.73 Å². The van der Waals surface area contributed by atoms with Gasteiger partial charge in [-0.15, -0.1) is 6.42 Å². The Kier molecular flexibility index (Phi) is 2.25. The predicted octanol–water partition coefficient (Wildman–Crippen LogP) is 1.08. The smallest absolute Gasteiger partial charge is 0.0580 e. The zero-order valence-corrected chi connectivity index (χ0v) is 6.41. The van der Waals surface area contributed by atoms with E-state index in [0.717, 1.165) is 11.3 Å². The van der Waals surface area contributed by atoms with Crippen molar-refractivity contribution in [1.82, 2.24) is 4.98 Å². The van der Waals surface area contributed by atoms with E-state index in [-0.39, 0.29) is 6.04 Å². The van der Waals surface area contributed by atoms with E-state index in [9.17, 15) is 0 Å². The maximum Gasteiger partial charge on any atom is 0.0580 e. The van der Waals surface area contributed by atoms with Gasteiger partial charge in [-0.3, -0.25) is 4.98 Å². The van der Waals surface area contributed by atoms with Crippen molar-refractivity contribution in [3.8, 4) is 12.3 Å². The minimum Gasteiger partial charge on any atom is -0.323 e. The van der Waals surface area contributed by atoms with Crippen LogP contribution in [-0.4, -0.2) is 4.98 Å². The van der Waals surface area contributed by atoms with Crippen LogP contribution in [0.3, 0.4) is 0 Å². The number of hydrogen-bond donors (Lipinski definition) is 1. The van der Waals surface area contributed by atoms with Crippen LogP contribution in [-0.2, 0) is 0 Å². The van der Waals surface area contributed by atoms with Crippen molar-refractivity contribution in [2.75, 3.05) is 0 Å². The van der Waals surface area contributed by atoms with Crippen LogP contribution < -0.4 is 5.73 Å². The lowest BCUT2D eigenvalue weighted by molar-refractivity contribution is 0.780. The fourth-order valence-corrected chi connectivity index (χ4v) is 0.787. The van der Waals surface area contributed by atoms with Crippen molar-refractivity contribution in [2.45, 2.75) is 13.0 Å². The number of hydrogen-bond acceptors (Lipinski definition) is 2. The van der Waals surface area contributed by atoms with Gasteiger partial charge in [0.25, 0.3) is 0 Å². The lowest BCUT2D eigenvalue weighted by atomic mass is 10.2. The minimum atomic E-state index is -0.0525. The largest absolute Gasteiger partial charge is 0.323 e. The van der Waals surface area contributed by atoms with E-state index in [2.05, 4.69) is 10.9 Å². The molecule has 11 heavy (non-hydrogen) atoms.